The van der Waals surface area contributed by atoms with Gasteiger partial charge >= 0.3 is 5.97 Å². The van der Waals surface area contributed by atoms with Gasteiger partial charge in [-0.15, -0.1) is 0 Å². The Kier molecular flexibility index (Phi) is 4.05. The Labute approximate surface area is 80.8 Å². The highest BCUT2D eigenvalue weighted by Crippen LogP contribution is 2.14. The number of carbonyl (C=O) groups is 1. The average molecular weight is 195 g/mol. The summed E-state index contributed by atoms with van der Waals surface area (Å²) in [5.74, 6) is -0.358. The Morgan fingerprint density at radius 2 is 2.46 bits per heavy atom. The van der Waals surface area contributed by atoms with E-state index in [1.165, 1.54) is 24.9 Å². The maximum atomic E-state index is 10.7. The van der Waals surface area contributed by atoms with E-state index in [4.69, 9.17) is 0 Å². The summed E-state index contributed by atoms with van der Waals surface area (Å²) in [6, 6.07) is 5.60. The van der Waals surface area contributed by atoms with Crippen molar-refractivity contribution in [3.8, 4) is 0 Å². The molecule has 0 aliphatic heterocycles. The Balaban J connectivity index is 2.44. The lowest BCUT2D eigenvalue weighted by atomic mass is 10.5. The van der Waals surface area contributed by atoms with Crippen molar-refractivity contribution in [3.63, 3.8) is 0 Å². The van der Waals surface area contributed by atoms with Gasteiger partial charge in [0.25, 0.3) is 0 Å². The highest BCUT2D eigenvalue weighted by atomic mass is 32.2. The van der Waals surface area contributed by atoms with Crippen molar-refractivity contribution >= 4 is 17.7 Å². The lowest BCUT2D eigenvalue weighted by molar-refractivity contribution is -0.134. The monoisotopic (exact) mass is 195 g/mol. The summed E-state index contributed by atoms with van der Waals surface area (Å²) in [6.07, 6.45) is 3.06. The second-order valence-corrected chi connectivity index (χ2v) is 3.04. The van der Waals surface area contributed by atoms with Gasteiger partial charge in [0.1, 0.15) is 5.03 Å². The number of aromatic nitrogens is 1. The summed E-state index contributed by atoms with van der Waals surface area (Å²) in [6.45, 7) is 0. The standard InChI is InChI=1S/C9H9NO2S/c1-12-9(11)5-7-13-8-4-2-3-6-10-8/h2-7H,1H3/b7-5-. The molecule has 4 heteroatoms. The van der Waals surface area contributed by atoms with Crippen molar-refractivity contribution in [2.24, 2.45) is 0 Å². The molecule has 0 N–H and O–H groups in total. The highest BCUT2D eigenvalue weighted by molar-refractivity contribution is 8.02. The molecular weight excluding hydrogens is 186 g/mol. The van der Waals surface area contributed by atoms with Crippen LogP contribution in [0.3, 0.4) is 0 Å². The molecule has 0 saturated heterocycles. The predicted octanol–water partition coefficient (Wildman–Crippen LogP) is 1.86. The molecule has 0 aromatic carbocycles. The lowest BCUT2D eigenvalue weighted by Gasteiger charge is -1.92. The van der Waals surface area contributed by atoms with E-state index in [2.05, 4.69) is 9.72 Å². The van der Waals surface area contributed by atoms with Crippen LogP contribution in [0.25, 0.3) is 0 Å². The Hall–Kier alpha value is -1.29. The van der Waals surface area contributed by atoms with Crippen LogP contribution in [0.2, 0.25) is 0 Å². The van der Waals surface area contributed by atoms with Crippen LogP contribution in [0.1, 0.15) is 0 Å². The van der Waals surface area contributed by atoms with Gasteiger partial charge < -0.3 is 4.74 Å². The number of hydrogen-bond acceptors (Lipinski definition) is 4. The van der Waals surface area contributed by atoms with Gasteiger partial charge in [-0.1, -0.05) is 17.8 Å². The summed E-state index contributed by atoms with van der Waals surface area (Å²) in [4.78, 5) is 14.7. The van der Waals surface area contributed by atoms with Gasteiger partial charge in [-0.2, -0.15) is 0 Å². The van der Waals surface area contributed by atoms with Crippen molar-refractivity contribution in [3.05, 3.63) is 35.9 Å². The first-order valence-electron chi connectivity index (χ1n) is 3.65. The summed E-state index contributed by atoms with van der Waals surface area (Å²) < 4.78 is 4.43. The molecule has 0 bridgehead atoms. The number of rotatable bonds is 3. The van der Waals surface area contributed by atoms with Crippen molar-refractivity contribution in [1.82, 2.24) is 4.98 Å². The molecule has 1 rings (SSSR count). The summed E-state index contributed by atoms with van der Waals surface area (Å²) in [5, 5.41) is 2.50. The average Bonchev–Trinajstić information content (AvgIpc) is 2.19. The number of carbonyl (C=O) groups excluding carboxylic acids is 1. The molecule has 0 radical (unpaired) electrons. The van der Waals surface area contributed by atoms with Crippen LogP contribution in [0.15, 0.2) is 40.9 Å². The molecule has 0 aliphatic rings. The molecule has 0 aliphatic carbocycles. The zero-order chi connectivity index (χ0) is 9.52. The molecule has 13 heavy (non-hydrogen) atoms. The van der Waals surface area contributed by atoms with E-state index in [1.54, 1.807) is 11.6 Å². The Bertz CT molecular complexity index is 298. The number of pyridine rings is 1. The smallest absolute Gasteiger partial charge is 0.330 e. The normalized spacial score (nSPS) is 10.2. The number of hydrogen-bond donors (Lipinski definition) is 0. The van der Waals surface area contributed by atoms with Crippen LogP contribution in [0.5, 0.6) is 0 Å². The van der Waals surface area contributed by atoms with Crippen LogP contribution >= 0.6 is 11.8 Å². The molecule has 68 valence electrons. The maximum Gasteiger partial charge on any atom is 0.330 e. The molecule has 0 fully saturated rings. The molecule has 0 amide bonds. The van der Waals surface area contributed by atoms with Crippen molar-refractivity contribution in [1.29, 1.82) is 0 Å². The predicted molar refractivity (Wildman–Crippen MR) is 51.3 cm³/mol. The fourth-order valence-corrected chi connectivity index (χ4v) is 1.24. The number of esters is 1. The Morgan fingerprint density at radius 3 is 3.08 bits per heavy atom. The van der Waals surface area contributed by atoms with E-state index in [0.717, 1.165) is 5.03 Å². The number of methoxy groups -OCH3 is 1. The van der Waals surface area contributed by atoms with E-state index < -0.39 is 0 Å². The second kappa shape index (κ2) is 5.37. The molecule has 1 aromatic heterocycles. The van der Waals surface area contributed by atoms with Gasteiger partial charge in [0.05, 0.1) is 7.11 Å². The van der Waals surface area contributed by atoms with Gasteiger partial charge in [0, 0.05) is 12.3 Å². The van der Waals surface area contributed by atoms with Crippen LogP contribution in [0, 0.1) is 0 Å². The van der Waals surface area contributed by atoms with Gasteiger partial charge in [-0.3, -0.25) is 0 Å². The fourth-order valence-electron chi connectivity index (χ4n) is 0.644. The van der Waals surface area contributed by atoms with E-state index in [-0.39, 0.29) is 5.97 Å². The highest BCUT2D eigenvalue weighted by Gasteiger charge is 1.91. The zero-order valence-electron chi connectivity index (χ0n) is 7.14. The van der Waals surface area contributed by atoms with Crippen molar-refractivity contribution in [2.45, 2.75) is 5.03 Å². The summed E-state index contributed by atoms with van der Waals surface area (Å²) in [5.41, 5.74) is 0. The molecular formula is C9H9NO2S. The van der Waals surface area contributed by atoms with Gasteiger partial charge in [-0.25, -0.2) is 9.78 Å². The number of ether oxygens (including phenoxy) is 1. The molecule has 3 nitrogen and oxygen atoms in total. The first kappa shape index (κ1) is 9.80. The van der Waals surface area contributed by atoms with Crippen LogP contribution < -0.4 is 0 Å². The fraction of sp³-hybridized carbons (Fsp3) is 0.111. The minimum Gasteiger partial charge on any atom is -0.466 e. The van der Waals surface area contributed by atoms with Gasteiger partial charge in [-0.05, 0) is 17.5 Å². The third-order valence-corrected chi connectivity index (χ3v) is 1.99. The molecule has 1 aromatic rings. The lowest BCUT2D eigenvalue weighted by Crippen LogP contribution is -1.92. The molecule has 1 heterocycles. The SMILES string of the molecule is COC(=O)/C=C\Sc1ccccn1. The molecule has 0 atom stereocenters. The van der Waals surface area contributed by atoms with E-state index >= 15 is 0 Å². The Morgan fingerprint density at radius 1 is 1.62 bits per heavy atom. The second-order valence-electron chi connectivity index (χ2n) is 2.11. The van der Waals surface area contributed by atoms with E-state index in [9.17, 15) is 4.79 Å². The minimum atomic E-state index is -0.358. The van der Waals surface area contributed by atoms with E-state index in [1.807, 2.05) is 18.2 Å². The third-order valence-electron chi connectivity index (χ3n) is 1.23. The van der Waals surface area contributed by atoms with Gasteiger partial charge in [0.2, 0.25) is 0 Å². The largest absolute Gasteiger partial charge is 0.466 e. The number of nitrogens with zero attached hydrogens (tertiary/aromatic N) is 1. The topological polar surface area (TPSA) is 39.2 Å². The molecule has 0 unspecified atom stereocenters. The van der Waals surface area contributed by atoms with Crippen LogP contribution in [-0.2, 0) is 9.53 Å². The zero-order valence-corrected chi connectivity index (χ0v) is 7.95. The molecule has 0 spiro atoms. The summed E-state index contributed by atoms with van der Waals surface area (Å²) >= 11 is 1.37. The quantitative estimate of drug-likeness (QED) is 0.419. The van der Waals surface area contributed by atoms with E-state index in [0.29, 0.717) is 0 Å². The van der Waals surface area contributed by atoms with Gasteiger partial charge in [0.15, 0.2) is 0 Å². The maximum absolute atomic E-state index is 10.7. The first-order valence-corrected chi connectivity index (χ1v) is 4.53. The molecule has 0 saturated carbocycles. The van der Waals surface area contributed by atoms with Crippen molar-refractivity contribution < 1.29 is 9.53 Å². The van der Waals surface area contributed by atoms with Crippen LogP contribution in [0.4, 0.5) is 0 Å². The summed E-state index contributed by atoms with van der Waals surface area (Å²) in [7, 11) is 1.35. The minimum absolute atomic E-state index is 0.358. The third kappa shape index (κ3) is 3.75. The van der Waals surface area contributed by atoms with Crippen LogP contribution in [-0.4, -0.2) is 18.1 Å². The first-order chi connectivity index (χ1) is 6.33. The van der Waals surface area contributed by atoms with Crippen molar-refractivity contribution in [2.75, 3.05) is 7.11 Å². The number of thioether (sulfide) groups is 1.